The van der Waals surface area contributed by atoms with Gasteiger partial charge in [0.25, 0.3) is 0 Å². The molecule has 0 radical (unpaired) electrons. The predicted octanol–water partition coefficient (Wildman–Crippen LogP) is 1.95. The van der Waals surface area contributed by atoms with Crippen LogP contribution in [-0.2, 0) is 0 Å². The summed E-state index contributed by atoms with van der Waals surface area (Å²) in [6.45, 7) is 6.17. The number of nitrogens with zero attached hydrogens (tertiary/aromatic N) is 1. The van der Waals surface area contributed by atoms with Crippen LogP contribution in [0.2, 0.25) is 0 Å². The summed E-state index contributed by atoms with van der Waals surface area (Å²) in [4.78, 5) is 4.99. The van der Waals surface area contributed by atoms with Crippen molar-refractivity contribution in [3.63, 3.8) is 0 Å². The van der Waals surface area contributed by atoms with Gasteiger partial charge in [-0.15, -0.1) is 11.8 Å². The van der Waals surface area contributed by atoms with E-state index < -0.39 is 0 Å². The summed E-state index contributed by atoms with van der Waals surface area (Å²) < 4.78 is 0. The zero-order chi connectivity index (χ0) is 6.41. The van der Waals surface area contributed by atoms with Gasteiger partial charge in [-0.25, -0.2) is 0 Å². The molecule has 0 aliphatic rings. The Labute approximate surface area is 54.9 Å². The van der Waals surface area contributed by atoms with Gasteiger partial charge in [0.05, 0.1) is 6.54 Å². The maximum atomic E-state index is 3.68. The van der Waals surface area contributed by atoms with Crippen molar-refractivity contribution in [2.24, 2.45) is 4.99 Å². The van der Waals surface area contributed by atoms with Crippen LogP contribution < -0.4 is 0 Å². The molecule has 2 heteroatoms. The molecule has 46 valence electrons. The molecule has 1 nitrogen and oxygen atoms in total. The fourth-order valence-corrected chi connectivity index (χ4v) is 0.518. The minimum atomic E-state index is 0.743. The van der Waals surface area contributed by atoms with Gasteiger partial charge in [-0.1, -0.05) is 6.08 Å². The summed E-state index contributed by atoms with van der Waals surface area (Å²) in [6, 6.07) is 0. The van der Waals surface area contributed by atoms with Gasteiger partial charge in [0.2, 0.25) is 0 Å². The maximum absolute atomic E-state index is 3.68. The SMILES string of the molecule is C=NCC=C(C)SC. The van der Waals surface area contributed by atoms with Gasteiger partial charge in [0, 0.05) is 0 Å². The minimum absolute atomic E-state index is 0.743. The van der Waals surface area contributed by atoms with Gasteiger partial charge < -0.3 is 0 Å². The third-order valence-electron chi connectivity index (χ3n) is 0.830. The molecular weight excluding hydrogens is 118 g/mol. The number of hydrogen-bond acceptors (Lipinski definition) is 2. The van der Waals surface area contributed by atoms with Crippen LogP contribution >= 0.6 is 11.8 Å². The lowest BCUT2D eigenvalue weighted by Crippen LogP contribution is -1.70. The number of rotatable bonds is 3. The highest BCUT2D eigenvalue weighted by Gasteiger charge is 1.78. The van der Waals surface area contributed by atoms with E-state index in [1.807, 2.05) is 0 Å². The Morgan fingerprint density at radius 3 is 2.88 bits per heavy atom. The van der Waals surface area contributed by atoms with Crippen LogP contribution in [0.25, 0.3) is 0 Å². The van der Waals surface area contributed by atoms with Crippen molar-refractivity contribution >= 4 is 18.5 Å². The van der Waals surface area contributed by atoms with Gasteiger partial charge in [-0.3, -0.25) is 4.99 Å². The van der Waals surface area contributed by atoms with E-state index >= 15 is 0 Å². The number of hydrogen-bond donors (Lipinski definition) is 0. The van der Waals surface area contributed by atoms with Crippen LogP contribution in [-0.4, -0.2) is 19.5 Å². The fraction of sp³-hybridized carbons (Fsp3) is 0.500. The molecule has 0 amide bonds. The van der Waals surface area contributed by atoms with Crippen LogP contribution in [0.4, 0.5) is 0 Å². The summed E-state index contributed by atoms with van der Waals surface area (Å²) in [5.41, 5.74) is 0. The van der Waals surface area contributed by atoms with Crippen molar-refractivity contribution in [3.05, 3.63) is 11.0 Å². The van der Waals surface area contributed by atoms with Crippen LogP contribution in [0.3, 0.4) is 0 Å². The van der Waals surface area contributed by atoms with E-state index in [0.717, 1.165) is 6.54 Å². The van der Waals surface area contributed by atoms with E-state index in [0.29, 0.717) is 0 Å². The monoisotopic (exact) mass is 129 g/mol. The molecule has 0 aliphatic carbocycles. The molecule has 0 saturated carbocycles. The second-order valence-electron chi connectivity index (χ2n) is 1.43. The maximum Gasteiger partial charge on any atom is 0.0573 e. The van der Waals surface area contributed by atoms with Gasteiger partial charge in [0.15, 0.2) is 0 Å². The first kappa shape index (κ1) is 7.76. The number of aliphatic imine (C=N–C) groups is 1. The highest BCUT2D eigenvalue weighted by Crippen LogP contribution is 2.07. The molecule has 0 aromatic heterocycles. The van der Waals surface area contributed by atoms with E-state index in [9.17, 15) is 0 Å². The standard InChI is InChI=1S/C6H11NS/c1-6(8-3)4-5-7-2/h4H,2,5H2,1,3H3. The van der Waals surface area contributed by atoms with E-state index in [-0.39, 0.29) is 0 Å². The summed E-state index contributed by atoms with van der Waals surface area (Å²) in [6.07, 6.45) is 4.10. The van der Waals surface area contributed by atoms with Crippen molar-refractivity contribution in [2.75, 3.05) is 12.8 Å². The van der Waals surface area contributed by atoms with Crippen molar-refractivity contribution in [2.45, 2.75) is 6.92 Å². The molecule has 0 aliphatic heterocycles. The van der Waals surface area contributed by atoms with E-state index in [1.165, 1.54) is 4.91 Å². The Kier molecular flexibility index (Phi) is 4.76. The van der Waals surface area contributed by atoms with Crippen LogP contribution in [0.1, 0.15) is 6.92 Å². The van der Waals surface area contributed by atoms with Crippen LogP contribution in [0.15, 0.2) is 16.0 Å². The zero-order valence-corrected chi connectivity index (χ0v) is 6.16. The summed E-state index contributed by atoms with van der Waals surface area (Å²) in [7, 11) is 0. The summed E-state index contributed by atoms with van der Waals surface area (Å²) >= 11 is 1.74. The topological polar surface area (TPSA) is 12.4 Å². The second-order valence-corrected chi connectivity index (χ2v) is 2.48. The van der Waals surface area contributed by atoms with E-state index in [2.05, 4.69) is 31.0 Å². The second kappa shape index (κ2) is 4.91. The molecule has 0 rings (SSSR count). The Hall–Kier alpha value is -0.240. The van der Waals surface area contributed by atoms with Crippen molar-refractivity contribution in [1.82, 2.24) is 0 Å². The third kappa shape index (κ3) is 3.93. The molecule has 8 heavy (non-hydrogen) atoms. The first-order chi connectivity index (χ1) is 3.81. The highest BCUT2D eigenvalue weighted by atomic mass is 32.2. The van der Waals surface area contributed by atoms with Crippen LogP contribution in [0.5, 0.6) is 0 Å². The molecule has 0 aromatic carbocycles. The number of thioether (sulfide) groups is 1. The predicted molar refractivity (Wildman–Crippen MR) is 41.7 cm³/mol. The molecule has 0 spiro atoms. The van der Waals surface area contributed by atoms with Crippen molar-refractivity contribution in [3.8, 4) is 0 Å². The minimum Gasteiger partial charge on any atom is -0.297 e. The Morgan fingerprint density at radius 1 is 1.88 bits per heavy atom. The lowest BCUT2D eigenvalue weighted by molar-refractivity contribution is 1.26. The van der Waals surface area contributed by atoms with Gasteiger partial charge in [-0.2, -0.15) is 0 Å². The van der Waals surface area contributed by atoms with Gasteiger partial charge >= 0.3 is 0 Å². The molecule has 0 aromatic rings. The molecule has 0 bridgehead atoms. The summed E-state index contributed by atoms with van der Waals surface area (Å²) in [5.74, 6) is 0. The summed E-state index contributed by atoms with van der Waals surface area (Å²) in [5, 5.41) is 0. The third-order valence-corrected chi connectivity index (χ3v) is 1.64. The lowest BCUT2D eigenvalue weighted by Gasteiger charge is -1.89. The zero-order valence-electron chi connectivity index (χ0n) is 5.35. The van der Waals surface area contributed by atoms with E-state index in [4.69, 9.17) is 0 Å². The van der Waals surface area contributed by atoms with Crippen molar-refractivity contribution in [1.29, 1.82) is 0 Å². The Bertz CT molecular complexity index is 96.7. The molecule has 0 fully saturated rings. The first-order valence-corrected chi connectivity index (χ1v) is 3.67. The van der Waals surface area contributed by atoms with Crippen LogP contribution in [0, 0.1) is 0 Å². The average Bonchev–Trinajstić information content (AvgIpc) is 1.83. The van der Waals surface area contributed by atoms with Crippen molar-refractivity contribution < 1.29 is 0 Å². The molecule has 0 saturated heterocycles. The molecule has 0 atom stereocenters. The number of allylic oxidation sites excluding steroid dienone is 1. The molecular formula is C6H11NS. The quantitative estimate of drug-likeness (QED) is 0.530. The Balaban J connectivity index is 3.40. The van der Waals surface area contributed by atoms with Gasteiger partial charge in [0.1, 0.15) is 0 Å². The largest absolute Gasteiger partial charge is 0.297 e. The first-order valence-electron chi connectivity index (χ1n) is 2.44. The van der Waals surface area contributed by atoms with Gasteiger partial charge in [-0.05, 0) is 24.8 Å². The average molecular weight is 129 g/mol. The Morgan fingerprint density at radius 2 is 2.50 bits per heavy atom. The molecule has 0 heterocycles. The van der Waals surface area contributed by atoms with E-state index in [1.54, 1.807) is 11.8 Å². The fourth-order valence-electron chi connectivity index (χ4n) is 0.276. The molecule has 0 unspecified atom stereocenters. The highest BCUT2D eigenvalue weighted by molar-refractivity contribution is 8.02. The molecule has 0 N–H and O–H groups in total. The lowest BCUT2D eigenvalue weighted by atomic mass is 10.5. The smallest absolute Gasteiger partial charge is 0.0573 e. The normalized spacial score (nSPS) is 11.5.